The lowest BCUT2D eigenvalue weighted by molar-refractivity contribution is -0.106. The van der Waals surface area contributed by atoms with Gasteiger partial charge >= 0.3 is 0 Å². The molecular formula is C30H37NO8. The van der Waals surface area contributed by atoms with E-state index in [2.05, 4.69) is 0 Å². The maximum absolute atomic E-state index is 13.7. The zero-order valence-electron chi connectivity index (χ0n) is 22.6. The highest BCUT2D eigenvalue weighted by atomic mass is 16.7. The highest BCUT2D eigenvalue weighted by Crippen LogP contribution is 2.31. The fraction of sp³-hybridized carbons (Fsp3) is 0.500. The normalized spacial score (nSPS) is 20.1. The lowest BCUT2D eigenvalue weighted by Crippen LogP contribution is -2.47. The molecule has 210 valence electrons. The minimum Gasteiger partial charge on any atom is -0.491 e. The second kappa shape index (κ2) is 14.1. The second-order valence-corrected chi connectivity index (χ2v) is 9.64. The first-order chi connectivity index (χ1) is 19.0. The number of ether oxygens (including phenoxy) is 5. The van der Waals surface area contributed by atoms with E-state index in [4.69, 9.17) is 23.7 Å². The first kappa shape index (κ1) is 28.6. The zero-order valence-corrected chi connectivity index (χ0v) is 22.6. The van der Waals surface area contributed by atoms with Crippen LogP contribution in [0.25, 0.3) is 0 Å². The molecule has 2 fully saturated rings. The molecule has 0 N–H and O–H groups in total. The SMILES string of the molecule is CCOC(C)Oc1cccc(C(=O)N2CCCC[C@H]2COc2cccc(OC3CCCCO3)c2C=O)c1C=O. The van der Waals surface area contributed by atoms with Crippen molar-refractivity contribution in [2.24, 2.45) is 0 Å². The Hall–Kier alpha value is -3.43. The van der Waals surface area contributed by atoms with E-state index < -0.39 is 6.29 Å². The molecule has 0 aromatic heterocycles. The third-order valence-corrected chi connectivity index (χ3v) is 6.97. The van der Waals surface area contributed by atoms with Gasteiger partial charge in [-0.05, 0) is 70.2 Å². The van der Waals surface area contributed by atoms with E-state index in [1.54, 1.807) is 48.2 Å². The van der Waals surface area contributed by atoms with Crippen LogP contribution in [0.15, 0.2) is 36.4 Å². The summed E-state index contributed by atoms with van der Waals surface area (Å²) in [4.78, 5) is 39.5. The van der Waals surface area contributed by atoms with Gasteiger partial charge in [-0.25, -0.2) is 0 Å². The second-order valence-electron chi connectivity index (χ2n) is 9.64. The Kier molecular flexibility index (Phi) is 10.3. The van der Waals surface area contributed by atoms with Crippen LogP contribution < -0.4 is 14.2 Å². The molecule has 2 heterocycles. The molecular weight excluding hydrogens is 502 g/mol. The van der Waals surface area contributed by atoms with Gasteiger partial charge in [0.15, 0.2) is 25.2 Å². The minimum atomic E-state index is -0.563. The van der Waals surface area contributed by atoms with Crippen molar-refractivity contribution in [2.75, 3.05) is 26.4 Å². The van der Waals surface area contributed by atoms with E-state index in [-0.39, 0.29) is 36.0 Å². The van der Waals surface area contributed by atoms with E-state index in [1.165, 1.54) is 0 Å². The van der Waals surface area contributed by atoms with Gasteiger partial charge in [0.1, 0.15) is 23.9 Å². The van der Waals surface area contributed by atoms with Crippen LogP contribution in [0, 0.1) is 0 Å². The molecule has 2 aliphatic heterocycles. The standard InChI is InChI=1S/C30H37NO8/c1-3-35-21(2)38-27-13-8-11-23(24(27)18-32)30(34)31-16-6-4-10-22(31)20-37-26-12-9-14-28(25(26)19-33)39-29-15-5-7-17-36-29/h8-9,11-14,18-19,21-22,29H,3-7,10,15-17,20H2,1-2H3/t21?,22-,29?/m0/s1. The number of aldehydes is 2. The van der Waals surface area contributed by atoms with Gasteiger partial charge in [-0.15, -0.1) is 0 Å². The van der Waals surface area contributed by atoms with Crippen LogP contribution in [0.4, 0.5) is 0 Å². The number of carbonyl (C=O) groups excluding carboxylic acids is 3. The van der Waals surface area contributed by atoms with Crippen molar-refractivity contribution in [3.8, 4) is 17.2 Å². The molecule has 1 amide bonds. The highest BCUT2D eigenvalue weighted by Gasteiger charge is 2.31. The van der Waals surface area contributed by atoms with Crippen LogP contribution >= 0.6 is 0 Å². The van der Waals surface area contributed by atoms with Gasteiger partial charge < -0.3 is 28.6 Å². The Labute approximate surface area is 229 Å². The van der Waals surface area contributed by atoms with E-state index in [9.17, 15) is 14.4 Å². The summed E-state index contributed by atoms with van der Waals surface area (Å²) in [5, 5.41) is 0. The summed E-state index contributed by atoms with van der Waals surface area (Å²) in [6.45, 7) is 5.42. The molecule has 3 atom stereocenters. The topological polar surface area (TPSA) is 101 Å². The summed E-state index contributed by atoms with van der Waals surface area (Å²) in [6, 6.07) is 9.97. The van der Waals surface area contributed by atoms with Gasteiger partial charge in [0.05, 0.1) is 29.3 Å². The smallest absolute Gasteiger partial charge is 0.255 e. The van der Waals surface area contributed by atoms with Crippen LogP contribution in [-0.4, -0.2) is 68.4 Å². The van der Waals surface area contributed by atoms with Gasteiger partial charge in [-0.2, -0.15) is 0 Å². The molecule has 4 rings (SSSR count). The fourth-order valence-electron chi connectivity index (χ4n) is 5.00. The number of benzene rings is 2. The summed E-state index contributed by atoms with van der Waals surface area (Å²) in [5.41, 5.74) is 0.781. The molecule has 9 nitrogen and oxygen atoms in total. The number of likely N-dealkylation sites (tertiary alicyclic amines) is 1. The van der Waals surface area contributed by atoms with Gasteiger partial charge in [0.2, 0.25) is 0 Å². The Morgan fingerprint density at radius 1 is 1.00 bits per heavy atom. The van der Waals surface area contributed by atoms with Crippen molar-refractivity contribution >= 4 is 18.5 Å². The predicted molar refractivity (Wildman–Crippen MR) is 144 cm³/mol. The molecule has 0 radical (unpaired) electrons. The number of carbonyl (C=O) groups is 3. The average molecular weight is 540 g/mol. The summed E-state index contributed by atoms with van der Waals surface area (Å²) in [5.74, 6) is 0.850. The fourth-order valence-corrected chi connectivity index (χ4v) is 5.00. The van der Waals surface area contributed by atoms with Crippen molar-refractivity contribution in [3.63, 3.8) is 0 Å². The molecule has 0 aliphatic carbocycles. The minimum absolute atomic E-state index is 0.192. The third-order valence-electron chi connectivity index (χ3n) is 6.97. The lowest BCUT2D eigenvalue weighted by Gasteiger charge is -2.36. The molecule has 2 aromatic rings. The van der Waals surface area contributed by atoms with E-state index in [0.717, 1.165) is 44.8 Å². The maximum Gasteiger partial charge on any atom is 0.255 e. The van der Waals surface area contributed by atoms with Crippen molar-refractivity contribution < 1.29 is 38.1 Å². The molecule has 39 heavy (non-hydrogen) atoms. The maximum atomic E-state index is 13.7. The largest absolute Gasteiger partial charge is 0.491 e. The molecule has 0 spiro atoms. The van der Waals surface area contributed by atoms with Crippen LogP contribution in [0.5, 0.6) is 17.2 Å². The van der Waals surface area contributed by atoms with Crippen LogP contribution in [-0.2, 0) is 9.47 Å². The van der Waals surface area contributed by atoms with E-state index in [0.29, 0.717) is 48.9 Å². The molecule has 0 bridgehead atoms. The van der Waals surface area contributed by atoms with Gasteiger partial charge in [-0.1, -0.05) is 12.1 Å². The molecule has 2 aromatic carbocycles. The number of amides is 1. The Bertz CT molecular complexity index is 1130. The van der Waals surface area contributed by atoms with E-state index >= 15 is 0 Å². The Balaban J connectivity index is 1.49. The van der Waals surface area contributed by atoms with Crippen molar-refractivity contribution in [1.29, 1.82) is 0 Å². The van der Waals surface area contributed by atoms with Crippen molar-refractivity contribution in [2.45, 2.75) is 71.0 Å². The quantitative estimate of drug-likeness (QED) is 0.273. The first-order valence-corrected chi connectivity index (χ1v) is 13.7. The monoisotopic (exact) mass is 539 g/mol. The summed E-state index contributed by atoms with van der Waals surface area (Å²) >= 11 is 0. The molecule has 2 aliphatic rings. The molecule has 2 saturated heterocycles. The lowest BCUT2D eigenvalue weighted by atomic mass is 9.99. The number of hydrogen-bond donors (Lipinski definition) is 0. The number of hydrogen-bond acceptors (Lipinski definition) is 8. The Morgan fingerprint density at radius 3 is 2.49 bits per heavy atom. The van der Waals surface area contributed by atoms with Crippen molar-refractivity contribution in [1.82, 2.24) is 4.90 Å². The summed E-state index contributed by atoms with van der Waals surface area (Å²) in [6.07, 6.45) is 5.72. The summed E-state index contributed by atoms with van der Waals surface area (Å²) < 4.78 is 28.9. The van der Waals surface area contributed by atoms with Crippen LogP contribution in [0.1, 0.15) is 83.4 Å². The Morgan fingerprint density at radius 2 is 1.74 bits per heavy atom. The van der Waals surface area contributed by atoms with Crippen LogP contribution in [0.3, 0.4) is 0 Å². The highest BCUT2D eigenvalue weighted by molar-refractivity contribution is 6.03. The van der Waals surface area contributed by atoms with Gasteiger partial charge in [-0.3, -0.25) is 14.4 Å². The third kappa shape index (κ3) is 7.16. The van der Waals surface area contributed by atoms with Crippen molar-refractivity contribution in [3.05, 3.63) is 53.1 Å². The van der Waals surface area contributed by atoms with Gasteiger partial charge in [0.25, 0.3) is 5.91 Å². The first-order valence-electron chi connectivity index (χ1n) is 13.7. The number of rotatable bonds is 12. The van der Waals surface area contributed by atoms with Crippen LogP contribution in [0.2, 0.25) is 0 Å². The van der Waals surface area contributed by atoms with Gasteiger partial charge in [0, 0.05) is 19.6 Å². The zero-order chi connectivity index (χ0) is 27.6. The molecule has 2 unspecified atom stereocenters. The molecule has 9 heteroatoms. The number of nitrogens with zero attached hydrogens (tertiary/aromatic N) is 1. The summed E-state index contributed by atoms with van der Waals surface area (Å²) in [7, 11) is 0. The number of piperidine rings is 1. The van der Waals surface area contributed by atoms with E-state index in [1.807, 2.05) is 6.92 Å². The molecule has 0 saturated carbocycles. The predicted octanol–water partition coefficient (Wildman–Crippen LogP) is 5.05. The average Bonchev–Trinajstić information content (AvgIpc) is 2.96.